The summed E-state index contributed by atoms with van der Waals surface area (Å²) in [5.74, 6) is 0. The van der Waals surface area contributed by atoms with Gasteiger partial charge in [0.05, 0.1) is 26.4 Å². The number of nitrogens with one attached hydrogen (secondary N) is 1. The van der Waals surface area contributed by atoms with Crippen LogP contribution in [-0.2, 0) is 9.47 Å². The van der Waals surface area contributed by atoms with Crippen LogP contribution in [0.25, 0.3) is 0 Å². The first-order valence-electron chi connectivity index (χ1n) is 6.13. The zero-order valence-electron chi connectivity index (χ0n) is 10.1. The van der Waals surface area contributed by atoms with Crippen molar-refractivity contribution in [2.75, 3.05) is 59.2 Å². The van der Waals surface area contributed by atoms with Crippen molar-refractivity contribution in [3.63, 3.8) is 0 Å². The molecular weight excluding hydrogens is 204 g/mol. The van der Waals surface area contributed by atoms with E-state index in [1.54, 1.807) is 0 Å². The second kappa shape index (κ2) is 9.78. The van der Waals surface area contributed by atoms with Gasteiger partial charge in [0, 0.05) is 32.7 Å². The van der Waals surface area contributed by atoms with Crippen LogP contribution in [0.3, 0.4) is 0 Å². The number of ether oxygens (including phenoxy) is 2. The monoisotopic (exact) mass is 228 g/mol. The molecule has 0 aromatic carbocycles. The lowest BCUT2D eigenvalue weighted by Gasteiger charge is -2.26. The van der Waals surface area contributed by atoms with E-state index in [0.717, 1.165) is 65.6 Å². The molecule has 0 spiro atoms. The minimum atomic E-state index is 0.786. The van der Waals surface area contributed by atoms with Crippen molar-refractivity contribution in [3.05, 3.63) is 12.7 Å². The van der Waals surface area contributed by atoms with E-state index in [4.69, 9.17) is 9.47 Å². The van der Waals surface area contributed by atoms with Crippen LogP contribution in [0.1, 0.15) is 6.42 Å². The Kier molecular flexibility index (Phi) is 8.34. The molecule has 0 aliphatic carbocycles. The van der Waals surface area contributed by atoms with Crippen molar-refractivity contribution < 1.29 is 9.47 Å². The van der Waals surface area contributed by atoms with Gasteiger partial charge in [-0.15, -0.1) is 6.58 Å². The minimum absolute atomic E-state index is 0.786. The predicted molar refractivity (Wildman–Crippen MR) is 65.8 cm³/mol. The fourth-order valence-corrected chi connectivity index (χ4v) is 1.60. The topological polar surface area (TPSA) is 33.7 Å². The van der Waals surface area contributed by atoms with Crippen molar-refractivity contribution in [1.29, 1.82) is 0 Å². The lowest BCUT2D eigenvalue weighted by molar-refractivity contribution is 0.0381. The smallest absolute Gasteiger partial charge is 0.0594 e. The Morgan fingerprint density at radius 2 is 2.06 bits per heavy atom. The molecule has 0 amide bonds. The van der Waals surface area contributed by atoms with Gasteiger partial charge in [0.2, 0.25) is 0 Å². The van der Waals surface area contributed by atoms with Gasteiger partial charge in [0.15, 0.2) is 0 Å². The van der Waals surface area contributed by atoms with E-state index in [2.05, 4.69) is 16.8 Å². The first-order chi connectivity index (χ1) is 7.93. The number of hydrogen-bond acceptors (Lipinski definition) is 4. The van der Waals surface area contributed by atoms with E-state index in [0.29, 0.717) is 0 Å². The van der Waals surface area contributed by atoms with E-state index in [-0.39, 0.29) is 0 Å². The second-order valence-electron chi connectivity index (χ2n) is 3.89. The molecule has 1 aliphatic rings. The number of rotatable bonds is 9. The maximum atomic E-state index is 5.40. The van der Waals surface area contributed by atoms with E-state index in [1.165, 1.54) is 0 Å². The Balaban J connectivity index is 1.78. The minimum Gasteiger partial charge on any atom is -0.380 e. The molecule has 0 aromatic heterocycles. The van der Waals surface area contributed by atoms with Crippen LogP contribution in [0.5, 0.6) is 0 Å². The normalized spacial score (nSPS) is 17.5. The summed E-state index contributed by atoms with van der Waals surface area (Å²) in [6.07, 6.45) is 2.82. The summed E-state index contributed by atoms with van der Waals surface area (Å²) in [5, 5.41) is 3.38. The van der Waals surface area contributed by atoms with Crippen LogP contribution in [0.4, 0.5) is 0 Å². The average molecular weight is 228 g/mol. The van der Waals surface area contributed by atoms with E-state index in [9.17, 15) is 0 Å². The van der Waals surface area contributed by atoms with E-state index >= 15 is 0 Å². The highest BCUT2D eigenvalue weighted by Gasteiger charge is 2.08. The Morgan fingerprint density at radius 1 is 1.25 bits per heavy atom. The number of hydrogen-bond donors (Lipinski definition) is 1. The first-order valence-corrected chi connectivity index (χ1v) is 6.13. The van der Waals surface area contributed by atoms with Gasteiger partial charge in [0.25, 0.3) is 0 Å². The largest absolute Gasteiger partial charge is 0.380 e. The molecule has 0 aromatic rings. The van der Waals surface area contributed by atoms with Crippen molar-refractivity contribution in [1.82, 2.24) is 10.2 Å². The van der Waals surface area contributed by atoms with Gasteiger partial charge in [-0.05, 0) is 6.42 Å². The Labute approximate surface area is 98.6 Å². The molecule has 94 valence electrons. The van der Waals surface area contributed by atoms with Gasteiger partial charge in [-0.2, -0.15) is 0 Å². The van der Waals surface area contributed by atoms with Crippen LogP contribution < -0.4 is 5.32 Å². The predicted octanol–water partition coefficient (Wildman–Crippen LogP) is 0.501. The summed E-state index contributed by atoms with van der Waals surface area (Å²) in [4.78, 5) is 2.43. The lowest BCUT2D eigenvalue weighted by atomic mass is 10.4. The molecule has 1 N–H and O–H groups in total. The molecular formula is C12H24N2O2. The molecule has 1 aliphatic heterocycles. The Hall–Kier alpha value is -0.420. The fraction of sp³-hybridized carbons (Fsp3) is 0.833. The maximum Gasteiger partial charge on any atom is 0.0594 e. The summed E-state index contributed by atoms with van der Waals surface area (Å²) >= 11 is 0. The molecule has 1 fully saturated rings. The third kappa shape index (κ3) is 6.95. The van der Waals surface area contributed by atoms with Crippen LogP contribution in [0.15, 0.2) is 12.7 Å². The van der Waals surface area contributed by atoms with Crippen molar-refractivity contribution in [2.45, 2.75) is 6.42 Å². The van der Waals surface area contributed by atoms with Gasteiger partial charge in [0.1, 0.15) is 0 Å². The Morgan fingerprint density at radius 3 is 2.81 bits per heavy atom. The third-order valence-corrected chi connectivity index (χ3v) is 2.60. The highest BCUT2D eigenvalue weighted by Crippen LogP contribution is 1.94. The highest BCUT2D eigenvalue weighted by atomic mass is 16.5. The van der Waals surface area contributed by atoms with Crippen LogP contribution in [-0.4, -0.2) is 64.1 Å². The molecule has 0 saturated carbocycles. The lowest BCUT2D eigenvalue weighted by Crippen LogP contribution is -2.40. The second-order valence-corrected chi connectivity index (χ2v) is 3.89. The van der Waals surface area contributed by atoms with Crippen LogP contribution in [0, 0.1) is 0 Å². The third-order valence-electron chi connectivity index (χ3n) is 2.60. The summed E-state index contributed by atoms with van der Waals surface area (Å²) in [6, 6.07) is 0. The van der Waals surface area contributed by atoms with Gasteiger partial charge < -0.3 is 14.8 Å². The molecule has 1 heterocycles. The van der Waals surface area contributed by atoms with Crippen LogP contribution in [0.2, 0.25) is 0 Å². The molecule has 0 bridgehead atoms. The molecule has 4 nitrogen and oxygen atoms in total. The summed E-state index contributed by atoms with van der Waals surface area (Å²) < 4.78 is 10.7. The van der Waals surface area contributed by atoms with Crippen molar-refractivity contribution >= 4 is 0 Å². The Bertz CT molecular complexity index is 170. The molecule has 16 heavy (non-hydrogen) atoms. The molecule has 0 radical (unpaired) electrons. The van der Waals surface area contributed by atoms with Crippen molar-refractivity contribution in [3.8, 4) is 0 Å². The number of morpholine rings is 1. The van der Waals surface area contributed by atoms with Gasteiger partial charge >= 0.3 is 0 Å². The fourth-order valence-electron chi connectivity index (χ4n) is 1.60. The quantitative estimate of drug-likeness (QED) is 0.460. The maximum absolute atomic E-state index is 5.40. The highest BCUT2D eigenvalue weighted by molar-refractivity contribution is 4.65. The van der Waals surface area contributed by atoms with E-state index < -0.39 is 0 Å². The zero-order chi connectivity index (χ0) is 11.5. The molecule has 1 rings (SSSR count). The first kappa shape index (κ1) is 13.6. The van der Waals surface area contributed by atoms with Gasteiger partial charge in [-0.25, -0.2) is 0 Å². The molecule has 0 unspecified atom stereocenters. The zero-order valence-corrected chi connectivity index (χ0v) is 10.1. The summed E-state index contributed by atoms with van der Waals surface area (Å²) in [7, 11) is 0. The van der Waals surface area contributed by atoms with Gasteiger partial charge in [-0.3, -0.25) is 4.90 Å². The summed E-state index contributed by atoms with van der Waals surface area (Å²) in [6.45, 7) is 12.2. The molecule has 4 heteroatoms. The van der Waals surface area contributed by atoms with Gasteiger partial charge in [-0.1, -0.05) is 6.08 Å². The standard InChI is InChI=1S/C12H24N2O2/c1-2-3-9-15-10-5-13-4-6-14-7-11-16-12-8-14/h2,13H,1,3-12H2. The van der Waals surface area contributed by atoms with E-state index in [1.807, 2.05) is 6.08 Å². The molecule has 1 saturated heterocycles. The molecule has 0 atom stereocenters. The van der Waals surface area contributed by atoms with Crippen LogP contribution >= 0.6 is 0 Å². The summed E-state index contributed by atoms with van der Waals surface area (Å²) in [5.41, 5.74) is 0. The average Bonchev–Trinajstić information content (AvgIpc) is 2.34. The SMILES string of the molecule is C=CCCOCCNCCN1CCOCC1. The van der Waals surface area contributed by atoms with Crippen molar-refractivity contribution in [2.24, 2.45) is 0 Å². The number of nitrogens with zero attached hydrogens (tertiary/aromatic N) is 1.